The molecule has 1 saturated heterocycles. The van der Waals surface area contributed by atoms with Crippen molar-refractivity contribution < 1.29 is 17.9 Å². The quantitative estimate of drug-likeness (QED) is 0.202. The maximum Gasteiger partial charge on any atom is 0.204 e. The van der Waals surface area contributed by atoms with Gasteiger partial charge in [-0.15, -0.1) is 0 Å². The molecule has 45 heavy (non-hydrogen) atoms. The molecule has 1 aliphatic rings. The molecule has 1 fully saturated rings. The number of aromatic amines is 1. The molecule has 2 aromatic carbocycles. The van der Waals surface area contributed by atoms with Crippen LogP contribution in [0.3, 0.4) is 0 Å². The van der Waals surface area contributed by atoms with E-state index in [-0.39, 0.29) is 10.6 Å². The Bertz CT molecular complexity index is 1690. The maximum absolute atomic E-state index is 13.2. The van der Waals surface area contributed by atoms with E-state index in [2.05, 4.69) is 44.3 Å². The van der Waals surface area contributed by atoms with E-state index >= 15 is 0 Å². The van der Waals surface area contributed by atoms with E-state index in [4.69, 9.17) is 19.4 Å². The van der Waals surface area contributed by atoms with E-state index in [1.165, 1.54) is 18.9 Å². The molecule has 0 unspecified atom stereocenters. The third-order valence-electron chi connectivity index (χ3n) is 7.45. The van der Waals surface area contributed by atoms with Gasteiger partial charge in [0.05, 0.1) is 24.9 Å². The summed E-state index contributed by atoms with van der Waals surface area (Å²) in [6.45, 7) is 7.37. The topological polar surface area (TPSA) is 129 Å². The molecule has 12 nitrogen and oxygen atoms in total. The first-order chi connectivity index (χ1) is 21.6. The van der Waals surface area contributed by atoms with Crippen LogP contribution in [0.1, 0.15) is 11.3 Å². The summed E-state index contributed by atoms with van der Waals surface area (Å²) in [5.74, 6) is 2.75. The van der Waals surface area contributed by atoms with Gasteiger partial charge in [-0.25, -0.2) is 18.4 Å². The molecule has 0 saturated carbocycles. The number of rotatable bonds is 13. The minimum absolute atomic E-state index is 0.154. The molecule has 5 rings (SSSR count). The monoisotopic (exact) mass is 652 g/mol. The number of piperazine rings is 1. The van der Waals surface area contributed by atoms with Crippen molar-refractivity contribution in [3.05, 3.63) is 65.9 Å². The van der Waals surface area contributed by atoms with Crippen LogP contribution in [0.2, 0.25) is 0 Å². The Balaban J connectivity index is 1.39. The van der Waals surface area contributed by atoms with Gasteiger partial charge in [-0.1, -0.05) is 18.2 Å². The van der Waals surface area contributed by atoms with Crippen molar-refractivity contribution in [3.63, 3.8) is 0 Å². The van der Waals surface area contributed by atoms with Gasteiger partial charge in [-0.05, 0) is 63.1 Å². The summed E-state index contributed by atoms with van der Waals surface area (Å²) in [4.78, 5) is 17.6. The van der Waals surface area contributed by atoms with E-state index in [1.54, 1.807) is 49.6 Å². The molecule has 0 bridgehead atoms. The summed E-state index contributed by atoms with van der Waals surface area (Å²) in [6.07, 6.45) is 0. The molecule has 4 aromatic rings. The van der Waals surface area contributed by atoms with Crippen LogP contribution >= 0.6 is 11.8 Å². The van der Waals surface area contributed by atoms with Gasteiger partial charge < -0.3 is 24.6 Å². The Morgan fingerprint density at radius 2 is 1.73 bits per heavy atom. The summed E-state index contributed by atoms with van der Waals surface area (Å²) in [5.41, 5.74) is 1.53. The predicted octanol–water partition coefficient (Wildman–Crippen LogP) is 4.08. The highest BCUT2D eigenvalue weighted by Gasteiger charge is 2.26. The van der Waals surface area contributed by atoms with Crippen LogP contribution in [-0.2, 0) is 15.6 Å². The lowest BCUT2D eigenvalue weighted by molar-refractivity contribution is 0.228. The number of anilines is 3. The van der Waals surface area contributed by atoms with Gasteiger partial charge in [-0.2, -0.15) is 5.10 Å². The molecule has 2 aromatic heterocycles. The number of aryl methyl sites for hydroxylation is 1. The van der Waals surface area contributed by atoms with Crippen LogP contribution in [0.15, 0.2) is 69.5 Å². The molecule has 0 spiro atoms. The second-order valence-electron chi connectivity index (χ2n) is 11.0. The van der Waals surface area contributed by atoms with Gasteiger partial charge in [0.15, 0.2) is 32.4 Å². The molecular formula is C31H40N8O4S2. The molecule has 1 aliphatic heterocycles. The van der Waals surface area contributed by atoms with Gasteiger partial charge in [0.2, 0.25) is 5.75 Å². The van der Waals surface area contributed by atoms with Crippen molar-refractivity contribution in [2.75, 3.05) is 77.8 Å². The van der Waals surface area contributed by atoms with Crippen molar-refractivity contribution >= 4 is 39.1 Å². The number of H-pyrrole nitrogens is 1. The smallest absolute Gasteiger partial charge is 0.204 e. The second kappa shape index (κ2) is 14.5. The Hall–Kier alpha value is -3.85. The number of likely N-dealkylation sites (N-methyl/N-ethyl adjacent to an activating group) is 1. The summed E-state index contributed by atoms with van der Waals surface area (Å²) in [7, 11) is 3.74. The molecule has 2 N–H and O–H groups in total. The van der Waals surface area contributed by atoms with E-state index in [0.717, 1.165) is 49.9 Å². The number of para-hydroxylation sites is 1. The standard InChI is InChI=1S/C31H40N8O4S2/c1-22-20-27(36-35-22)32-29-28(43-5)30(39-18-16-38(17-19-39)15-14-37(2)3)34-31(33-29)44-24-10-12-25(13-11-24)45(40,41)21-23-8-6-7-9-26(23)42-4/h6-13,20H,14-19,21H2,1-5H3,(H2,32,33,34,35,36). The number of benzene rings is 2. The van der Waals surface area contributed by atoms with Crippen LogP contribution in [0, 0.1) is 6.92 Å². The Kier molecular flexibility index (Phi) is 10.5. The van der Waals surface area contributed by atoms with Gasteiger partial charge in [0, 0.05) is 61.5 Å². The predicted molar refractivity (Wildman–Crippen MR) is 177 cm³/mol. The molecule has 0 atom stereocenters. The van der Waals surface area contributed by atoms with Crippen LogP contribution in [0.5, 0.6) is 11.5 Å². The first kappa shape index (κ1) is 32.5. The molecule has 0 aliphatic carbocycles. The zero-order valence-electron chi connectivity index (χ0n) is 26.3. The number of nitrogens with one attached hydrogen (secondary N) is 2. The maximum atomic E-state index is 13.2. The average molecular weight is 653 g/mol. The highest BCUT2D eigenvalue weighted by atomic mass is 32.2. The third-order valence-corrected chi connectivity index (χ3v) is 10.0. The Morgan fingerprint density at radius 1 is 1.00 bits per heavy atom. The number of nitrogens with zero attached hydrogens (tertiary/aromatic N) is 6. The summed E-state index contributed by atoms with van der Waals surface area (Å²) in [5, 5.41) is 11.0. The lowest BCUT2D eigenvalue weighted by Gasteiger charge is -2.36. The summed E-state index contributed by atoms with van der Waals surface area (Å²) in [6, 6.07) is 15.8. The number of aromatic nitrogens is 4. The van der Waals surface area contributed by atoms with Crippen molar-refractivity contribution in [1.29, 1.82) is 0 Å². The van der Waals surface area contributed by atoms with Crippen LogP contribution in [0.25, 0.3) is 0 Å². The van der Waals surface area contributed by atoms with Crippen LogP contribution in [-0.4, -0.2) is 106 Å². The Morgan fingerprint density at radius 3 is 2.38 bits per heavy atom. The molecule has 240 valence electrons. The largest absolute Gasteiger partial charge is 0.496 e. The zero-order chi connectivity index (χ0) is 32.0. The summed E-state index contributed by atoms with van der Waals surface area (Å²) >= 11 is 1.35. The average Bonchev–Trinajstić information content (AvgIpc) is 3.44. The van der Waals surface area contributed by atoms with Gasteiger partial charge in [0.1, 0.15) is 5.75 Å². The fourth-order valence-corrected chi connectivity index (χ4v) is 7.13. The number of hydrogen-bond acceptors (Lipinski definition) is 12. The first-order valence-electron chi connectivity index (χ1n) is 14.6. The third kappa shape index (κ3) is 8.25. The molecule has 3 heterocycles. The van der Waals surface area contributed by atoms with Gasteiger partial charge >= 0.3 is 0 Å². The fraction of sp³-hybridized carbons (Fsp3) is 0.387. The Labute approximate surface area is 269 Å². The summed E-state index contributed by atoms with van der Waals surface area (Å²) < 4.78 is 37.6. The van der Waals surface area contributed by atoms with Crippen molar-refractivity contribution in [2.24, 2.45) is 0 Å². The normalized spacial score (nSPS) is 14.1. The molecule has 0 radical (unpaired) electrons. The van der Waals surface area contributed by atoms with E-state index in [1.807, 2.05) is 19.1 Å². The van der Waals surface area contributed by atoms with Crippen molar-refractivity contribution in [1.82, 2.24) is 30.0 Å². The molecular weight excluding hydrogens is 613 g/mol. The minimum atomic E-state index is -3.59. The minimum Gasteiger partial charge on any atom is -0.496 e. The zero-order valence-corrected chi connectivity index (χ0v) is 27.9. The lowest BCUT2D eigenvalue weighted by Crippen LogP contribution is -2.48. The van der Waals surface area contributed by atoms with E-state index in [9.17, 15) is 8.42 Å². The molecule has 0 amide bonds. The van der Waals surface area contributed by atoms with Gasteiger partial charge in [-0.3, -0.25) is 10.00 Å². The molecule has 14 heteroatoms. The van der Waals surface area contributed by atoms with Gasteiger partial charge in [0.25, 0.3) is 0 Å². The SMILES string of the molecule is COc1ccccc1CS(=O)(=O)c1ccc(Sc2nc(Nc3cc(C)[nH]n3)c(OC)c(N3CCN(CCN(C)C)CC3)n2)cc1. The van der Waals surface area contributed by atoms with Crippen LogP contribution in [0.4, 0.5) is 17.5 Å². The number of sulfone groups is 1. The lowest BCUT2D eigenvalue weighted by atomic mass is 10.2. The van der Waals surface area contributed by atoms with Crippen LogP contribution < -0.4 is 19.7 Å². The van der Waals surface area contributed by atoms with Crippen molar-refractivity contribution in [3.8, 4) is 11.5 Å². The van der Waals surface area contributed by atoms with Crippen molar-refractivity contribution in [2.45, 2.75) is 27.6 Å². The fourth-order valence-electron chi connectivity index (χ4n) is 5.01. The number of hydrogen-bond donors (Lipinski definition) is 2. The number of methoxy groups -OCH3 is 2. The van der Waals surface area contributed by atoms with E-state index in [0.29, 0.717) is 39.7 Å². The second-order valence-corrected chi connectivity index (χ2v) is 14.1. The highest BCUT2D eigenvalue weighted by Crippen LogP contribution is 2.38. The highest BCUT2D eigenvalue weighted by molar-refractivity contribution is 7.99. The van der Waals surface area contributed by atoms with E-state index < -0.39 is 9.84 Å². The first-order valence-corrected chi connectivity index (χ1v) is 17.1. The number of ether oxygens (including phenoxy) is 2.